The Morgan fingerprint density at radius 1 is 1.24 bits per heavy atom. The highest BCUT2D eigenvalue weighted by Crippen LogP contribution is 2.18. The van der Waals surface area contributed by atoms with Gasteiger partial charge in [-0.05, 0) is 50.3 Å². The number of hydrogen-bond donors (Lipinski definition) is 1. The molecule has 1 saturated carbocycles. The van der Waals surface area contributed by atoms with Crippen LogP contribution in [0.1, 0.15) is 43.0 Å². The lowest BCUT2D eigenvalue weighted by molar-refractivity contribution is -0.129. The summed E-state index contributed by atoms with van der Waals surface area (Å²) in [7, 11) is 0. The Balaban J connectivity index is 1.86. The topological polar surface area (TPSA) is 55.4 Å². The van der Waals surface area contributed by atoms with Gasteiger partial charge in [-0.25, -0.2) is 4.79 Å². The molecular weight excluding hydrogens is 286 g/mol. The highest BCUT2D eigenvalue weighted by molar-refractivity contribution is 7.98. The zero-order valence-electron chi connectivity index (χ0n) is 12.4. The number of ether oxygens (including phenoxy) is 1. The predicted octanol–water partition coefficient (Wildman–Crippen LogP) is 3.01. The zero-order valence-corrected chi connectivity index (χ0v) is 13.2. The van der Waals surface area contributed by atoms with Crippen molar-refractivity contribution in [2.75, 3.05) is 6.26 Å². The van der Waals surface area contributed by atoms with Gasteiger partial charge in [0.2, 0.25) is 0 Å². The van der Waals surface area contributed by atoms with Crippen molar-refractivity contribution in [3.63, 3.8) is 0 Å². The summed E-state index contributed by atoms with van der Waals surface area (Å²) in [5.41, 5.74) is 0.466. The maximum atomic E-state index is 12.0. The Kier molecular flexibility index (Phi) is 5.67. The molecule has 0 radical (unpaired) electrons. The van der Waals surface area contributed by atoms with Gasteiger partial charge in [-0.2, -0.15) is 0 Å². The molecule has 0 heterocycles. The lowest BCUT2D eigenvalue weighted by Gasteiger charge is -2.17. The van der Waals surface area contributed by atoms with Crippen LogP contribution in [0.15, 0.2) is 29.2 Å². The third kappa shape index (κ3) is 4.49. The molecule has 2 rings (SSSR count). The molecule has 1 atom stereocenters. The Morgan fingerprint density at radius 2 is 1.86 bits per heavy atom. The third-order valence-electron chi connectivity index (χ3n) is 3.68. The third-order valence-corrected chi connectivity index (χ3v) is 4.42. The molecule has 1 fully saturated rings. The fourth-order valence-electron chi connectivity index (χ4n) is 2.40. The Labute approximate surface area is 129 Å². The van der Waals surface area contributed by atoms with Gasteiger partial charge in [0.1, 0.15) is 0 Å². The van der Waals surface area contributed by atoms with Gasteiger partial charge in [0.25, 0.3) is 5.91 Å². The molecule has 1 N–H and O–H groups in total. The number of rotatable bonds is 5. The zero-order chi connectivity index (χ0) is 15.2. The van der Waals surface area contributed by atoms with Crippen molar-refractivity contribution in [3.05, 3.63) is 29.8 Å². The number of esters is 1. The van der Waals surface area contributed by atoms with E-state index in [2.05, 4.69) is 5.32 Å². The van der Waals surface area contributed by atoms with Crippen LogP contribution in [-0.2, 0) is 9.53 Å². The van der Waals surface area contributed by atoms with Crippen molar-refractivity contribution in [1.82, 2.24) is 5.32 Å². The molecule has 1 aromatic carbocycles. The standard InChI is InChI=1S/C16H21NO3S/c1-11(15(18)17-13-5-3-4-6-13)20-16(19)12-7-9-14(21-2)10-8-12/h7-11,13H,3-6H2,1-2H3,(H,17,18)/t11-/m0/s1. The van der Waals surface area contributed by atoms with E-state index in [1.807, 2.05) is 18.4 Å². The number of amides is 1. The molecule has 0 bridgehead atoms. The highest BCUT2D eigenvalue weighted by Gasteiger charge is 2.23. The minimum absolute atomic E-state index is 0.212. The highest BCUT2D eigenvalue weighted by atomic mass is 32.2. The lowest BCUT2D eigenvalue weighted by atomic mass is 10.2. The average Bonchev–Trinajstić information content (AvgIpc) is 3.00. The molecule has 0 aromatic heterocycles. The minimum atomic E-state index is -0.765. The molecule has 21 heavy (non-hydrogen) atoms. The normalized spacial score (nSPS) is 16.5. The number of benzene rings is 1. The van der Waals surface area contributed by atoms with E-state index < -0.39 is 12.1 Å². The Hall–Kier alpha value is -1.49. The summed E-state index contributed by atoms with van der Waals surface area (Å²) in [5, 5.41) is 2.93. The van der Waals surface area contributed by atoms with E-state index in [9.17, 15) is 9.59 Å². The van der Waals surface area contributed by atoms with Crippen LogP contribution >= 0.6 is 11.8 Å². The molecule has 1 amide bonds. The molecule has 0 unspecified atom stereocenters. The van der Waals surface area contributed by atoms with E-state index in [1.54, 1.807) is 30.8 Å². The number of thioether (sulfide) groups is 1. The Bertz CT molecular complexity index is 495. The van der Waals surface area contributed by atoms with Crippen molar-refractivity contribution < 1.29 is 14.3 Å². The molecular formula is C16H21NO3S. The fraction of sp³-hybridized carbons (Fsp3) is 0.500. The van der Waals surface area contributed by atoms with E-state index in [0.29, 0.717) is 5.56 Å². The second kappa shape index (κ2) is 7.50. The van der Waals surface area contributed by atoms with Crippen LogP contribution in [-0.4, -0.2) is 30.3 Å². The first-order valence-electron chi connectivity index (χ1n) is 7.25. The average molecular weight is 307 g/mol. The molecule has 0 saturated heterocycles. The van der Waals surface area contributed by atoms with Crippen LogP contribution in [0.5, 0.6) is 0 Å². The van der Waals surface area contributed by atoms with Gasteiger partial charge in [0.15, 0.2) is 6.10 Å². The van der Waals surface area contributed by atoms with E-state index >= 15 is 0 Å². The summed E-state index contributed by atoms with van der Waals surface area (Å²) in [5.74, 6) is -0.673. The van der Waals surface area contributed by atoms with E-state index in [1.165, 1.54) is 0 Å². The largest absolute Gasteiger partial charge is 0.449 e. The predicted molar refractivity (Wildman–Crippen MR) is 83.5 cm³/mol. The number of carbonyl (C=O) groups is 2. The van der Waals surface area contributed by atoms with Gasteiger partial charge in [0.05, 0.1) is 5.56 Å². The van der Waals surface area contributed by atoms with Gasteiger partial charge < -0.3 is 10.1 Å². The summed E-state index contributed by atoms with van der Waals surface area (Å²) in [6.45, 7) is 1.61. The summed E-state index contributed by atoms with van der Waals surface area (Å²) in [6, 6.07) is 7.40. The molecule has 114 valence electrons. The fourth-order valence-corrected chi connectivity index (χ4v) is 2.81. The summed E-state index contributed by atoms with van der Waals surface area (Å²) < 4.78 is 5.22. The van der Waals surface area contributed by atoms with Crippen molar-refractivity contribution in [1.29, 1.82) is 0 Å². The molecule has 0 aliphatic heterocycles. The molecule has 4 nitrogen and oxygen atoms in total. The quantitative estimate of drug-likeness (QED) is 0.671. The van der Waals surface area contributed by atoms with Gasteiger partial charge in [-0.1, -0.05) is 12.8 Å². The summed E-state index contributed by atoms with van der Waals surface area (Å²) in [6.07, 6.45) is 5.55. The van der Waals surface area contributed by atoms with Crippen LogP contribution in [0, 0.1) is 0 Å². The first-order chi connectivity index (χ1) is 10.1. The smallest absolute Gasteiger partial charge is 0.338 e. The van der Waals surface area contributed by atoms with Gasteiger partial charge >= 0.3 is 5.97 Å². The van der Waals surface area contributed by atoms with Crippen LogP contribution in [0.2, 0.25) is 0 Å². The number of carbonyl (C=O) groups excluding carboxylic acids is 2. The molecule has 5 heteroatoms. The van der Waals surface area contributed by atoms with E-state index in [-0.39, 0.29) is 11.9 Å². The number of hydrogen-bond acceptors (Lipinski definition) is 4. The van der Waals surface area contributed by atoms with Gasteiger partial charge in [-0.3, -0.25) is 4.79 Å². The van der Waals surface area contributed by atoms with E-state index in [0.717, 1.165) is 30.6 Å². The van der Waals surface area contributed by atoms with E-state index in [4.69, 9.17) is 4.74 Å². The second-order valence-corrected chi connectivity index (χ2v) is 6.15. The maximum Gasteiger partial charge on any atom is 0.338 e. The van der Waals surface area contributed by atoms with Crippen LogP contribution in [0.3, 0.4) is 0 Å². The summed E-state index contributed by atoms with van der Waals surface area (Å²) in [4.78, 5) is 25.0. The molecule has 1 aliphatic rings. The van der Waals surface area contributed by atoms with Gasteiger partial charge in [0, 0.05) is 10.9 Å². The molecule has 1 aromatic rings. The van der Waals surface area contributed by atoms with Gasteiger partial charge in [-0.15, -0.1) is 11.8 Å². The van der Waals surface area contributed by atoms with Crippen LogP contribution in [0.4, 0.5) is 0 Å². The van der Waals surface area contributed by atoms with Crippen molar-refractivity contribution in [2.24, 2.45) is 0 Å². The first-order valence-corrected chi connectivity index (χ1v) is 8.48. The number of nitrogens with one attached hydrogen (secondary N) is 1. The summed E-state index contributed by atoms with van der Waals surface area (Å²) >= 11 is 1.61. The van der Waals surface area contributed by atoms with Crippen molar-refractivity contribution in [3.8, 4) is 0 Å². The van der Waals surface area contributed by atoms with Crippen molar-refractivity contribution >= 4 is 23.6 Å². The molecule has 1 aliphatic carbocycles. The second-order valence-electron chi connectivity index (χ2n) is 5.27. The lowest BCUT2D eigenvalue weighted by Crippen LogP contribution is -2.40. The Morgan fingerprint density at radius 3 is 2.43 bits per heavy atom. The van der Waals surface area contributed by atoms with Crippen LogP contribution < -0.4 is 5.32 Å². The maximum absolute atomic E-state index is 12.0. The molecule has 0 spiro atoms. The monoisotopic (exact) mass is 307 g/mol. The van der Waals surface area contributed by atoms with Crippen LogP contribution in [0.25, 0.3) is 0 Å². The first kappa shape index (κ1) is 15.9. The van der Waals surface area contributed by atoms with Crippen molar-refractivity contribution in [2.45, 2.75) is 49.6 Å². The minimum Gasteiger partial charge on any atom is -0.449 e. The SMILES string of the molecule is CSc1ccc(C(=O)O[C@@H](C)C(=O)NC2CCCC2)cc1.